The van der Waals surface area contributed by atoms with Crippen LogP contribution in [-0.4, -0.2) is 25.8 Å². The number of anilines is 1. The molecule has 2 rings (SSSR count). The highest BCUT2D eigenvalue weighted by Crippen LogP contribution is 2.37. The minimum atomic E-state index is -2.48. The number of carbonyl (C=O) groups excluding carboxylic acids is 1. The van der Waals surface area contributed by atoms with E-state index in [0.29, 0.717) is 18.6 Å². The van der Waals surface area contributed by atoms with Crippen LogP contribution in [0.2, 0.25) is 0 Å². The fourth-order valence-electron chi connectivity index (χ4n) is 2.02. The molecule has 0 aliphatic rings. The van der Waals surface area contributed by atoms with Gasteiger partial charge in [-0.05, 0) is 30.2 Å². The molecule has 0 heterocycles. The maximum Gasteiger partial charge on any atom is 0.255 e. The summed E-state index contributed by atoms with van der Waals surface area (Å²) in [5.74, 6) is -0.148. The molecule has 2 aromatic rings. The lowest BCUT2D eigenvalue weighted by Crippen LogP contribution is -2.13. The lowest BCUT2D eigenvalue weighted by Gasteiger charge is -2.12. The maximum absolute atomic E-state index is 12.2. The van der Waals surface area contributed by atoms with E-state index in [0.717, 1.165) is 11.3 Å². The predicted octanol–water partition coefficient (Wildman–Crippen LogP) is 4.04. The minimum absolute atomic E-state index is 0.148. The van der Waals surface area contributed by atoms with Gasteiger partial charge in [0.1, 0.15) is 0 Å². The van der Waals surface area contributed by atoms with E-state index in [-0.39, 0.29) is 5.91 Å². The van der Waals surface area contributed by atoms with Gasteiger partial charge in [0.2, 0.25) is 0 Å². The van der Waals surface area contributed by atoms with E-state index in [9.17, 15) is 9.36 Å². The van der Waals surface area contributed by atoms with E-state index >= 15 is 0 Å². The van der Waals surface area contributed by atoms with E-state index in [1.807, 2.05) is 42.5 Å². The van der Waals surface area contributed by atoms with Gasteiger partial charge in [-0.25, -0.2) is 0 Å². The molecule has 0 aliphatic heterocycles. The molecule has 0 aliphatic carbocycles. The molecule has 22 heavy (non-hydrogen) atoms. The first kappa shape index (κ1) is 16.5. The monoisotopic (exact) mass is 317 g/mol. The third-order valence-electron chi connectivity index (χ3n) is 3.08. The van der Waals surface area contributed by atoms with Crippen molar-refractivity contribution in [3.63, 3.8) is 0 Å². The number of nitrogens with one attached hydrogen (secondary N) is 1. The van der Waals surface area contributed by atoms with Gasteiger partial charge in [0.05, 0.1) is 6.61 Å². The molecule has 2 aromatic carbocycles. The van der Waals surface area contributed by atoms with Gasteiger partial charge in [0.15, 0.2) is 7.37 Å². The van der Waals surface area contributed by atoms with Gasteiger partial charge >= 0.3 is 0 Å². The minimum Gasteiger partial charge on any atom is -0.328 e. The number of carbonyl (C=O) groups is 1. The van der Waals surface area contributed by atoms with Crippen molar-refractivity contribution in [2.24, 2.45) is 0 Å². The molecule has 5 heteroatoms. The highest BCUT2D eigenvalue weighted by Gasteiger charge is 2.10. The Labute approximate surface area is 131 Å². The number of hydrogen-bond donors (Lipinski definition) is 1. The molecule has 0 spiro atoms. The molecule has 4 nitrogen and oxygen atoms in total. The van der Waals surface area contributed by atoms with Crippen LogP contribution in [0, 0.1) is 0 Å². The second-order valence-corrected chi connectivity index (χ2v) is 8.07. The molecule has 0 radical (unpaired) electrons. The summed E-state index contributed by atoms with van der Waals surface area (Å²) in [5.41, 5.74) is 2.32. The van der Waals surface area contributed by atoms with Crippen LogP contribution in [0.4, 0.5) is 5.69 Å². The van der Waals surface area contributed by atoms with Crippen molar-refractivity contribution in [1.29, 1.82) is 0 Å². The zero-order chi connectivity index (χ0) is 16.0. The maximum atomic E-state index is 12.2. The van der Waals surface area contributed by atoms with Crippen LogP contribution in [0.15, 0.2) is 54.6 Å². The van der Waals surface area contributed by atoms with Crippen molar-refractivity contribution in [3.8, 4) is 0 Å². The lowest BCUT2D eigenvalue weighted by molar-refractivity contribution is 0.102. The van der Waals surface area contributed by atoms with Gasteiger partial charge in [-0.3, -0.25) is 9.36 Å². The van der Waals surface area contributed by atoms with E-state index < -0.39 is 7.37 Å². The summed E-state index contributed by atoms with van der Waals surface area (Å²) in [7, 11) is -2.48. The van der Waals surface area contributed by atoms with Crippen LogP contribution < -0.4 is 5.32 Å². The first-order chi connectivity index (χ1) is 10.5. The van der Waals surface area contributed by atoms with E-state index in [4.69, 9.17) is 4.52 Å². The smallest absolute Gasteiger partial charge is 0.255 e. The second kappa shape index (κ2) is 7.39. The summed E-state index contributed by atoms with van der Waals surface area (Å²) >= 11 is 0. The van der Waals surface area contributed by atoms with Crippen molar-refractivity contribution in [1.82, 2.24) is 0 Å². The molecule has 0 bridgehead atoms. The Morgan fingerprint density at radius 2 is 1.68 bits per heavy atom. The molecule has 0 aromatic heterocycles. The lowest BCUT2D eigenvalue weighted by atomic mass is 10.1. The van der Waals surface area contributed by atoms with Crippen molar-refractivity contribution in [3.05, 3.63) is 65.7 Å². The fourth-order valence-corrected chi connectivity index (χ4v) is 2.55. The van der Waals surface area contributed by atoms with Crippen LogP contribution in [0.3, 0.4) is 0 Å². The summed E-state index contributed by atoms with van der Waals surface area (Å²) in [5, 5.41) is 2.91. The number of hydrogen-bond acceptors (Lipinski definition) is 3. The van der Waals surface area contributed by atoms with Gasteiger partial charge in [-0.1, -0.05) is 36.4 Å². The Balaban J connectivity index is 2.05. The molecule has 0 atom stereocenters. The summed E-state index contributed by atoms with van der Waals surface area (Å²) < 4.78 is 16.9. The molecule has 0 saturated carbocycles. The van der Waals surface area contributed by atoms with Gasteiger partial charge in [0, 0.05) is 24.6 Å². The molecule has 0 saturated heterocycles. The average Bonchev–Trinajstić information content (AvgIpc) is 2.48. The first-order valence-corrected chi connectivity index (χ1v) is 9.61. The van der Waals surface area contributed by atoms with Crippen molar-refractivity contribution in [2.75, 3.05) is 25.3 Å². The predicted molar refractivity (Wildman–Crippen MR) is 89.9 cm³/mol. The summed E-state index contributed by atoms with van der Waals surface area (Å²) in [6.45, 7) is 3.55. The third kappa shape index (κ3) is 5.14. The normalized spacial score (nSPS) is 11.2. The number of rotatable bonds is 6. The molecular weight excluding hydrogens is 297 g/mol. The standard InChI is InChI=1S/C17H20NO3P/c1-22(2,20)21-13-12-14-8-6-7-11-16(14)18-17(19)15-9-4-3-5-10-15/h3-11H,12-13H2,1-2H3,(H,18,19). The topological polar surface area (TPSA) is 55.4 Å². The quantitative estimate of drug-likeness (QED) is 0.818. The summed E-state index contributed by atoms with van der Waals surface area (Å²) in [6, 6.07) is 16.6. The third-order valence-corrected chi connectivity index (χ3v) is 3.88. The molecular formula is C17H20NO3P. The summed E-state index contributed by atoms with van der Waals surface area (Å²) in [4.78, 5) is 12.2. The second-order valence-electron chi connectivity index (χ2n) is 5.31. The Morgan fingerprint density at radius 1 is 1.05 bits per heavy atom. The summed E-state index contributed by atoms with van der Waals surface area (Å²) in [6.07, 6.45) is 0.594. The Hall–Kier alpha value is -1.90. The molecule has 0 unspecified atom stereocenters. The molecule has 0 fully saturated rings. The largest absolute Gasteiger partial charge is 0.328 e. The first-order valence-electron chi connectivity index (χ1n) is 7.09. The van der Waals surface area contributed by atoms with Crippen molar-refractivity contribution < 1.29 is 13.9 Å². The molecule has 1 N–H and O–H groups in total. The van der Waals surface area contributed by atoms with Crippen LogP contribution in [0.5, 0.6) is 0 Å². The Bertz CT molecular complexity index is 679. The average molecular weight is 317 g/mol. The van der Waals surface area contributed by atoms with Crippen LogP contribution in [-0.2, 0) is 15.5 Å². The van der Waals surface area contributed by atoms with Gasteiger partial charge in [-0.2, -0.15) is 0 Å². The Morgan fingerprint density at radius 3 is 2.36 bits per heavy atom. The van der Waals surface area contributed by atoms with E-state index in [1.165, 1.54) is 0 Å². The Kier molecular flexibility index (Phi) is 5.53. The van der Waals surface area contributed by atoms with Gasteiger partial charge in [0.25, 0.3) is 5.91 Å². The number of benzene rings is 2. The van der Waals surface area contributed by atoms with E-state index in [1.54, 1.807) is 25.5 Å². The highest BCUT2D eigenvalue weighted by atomic mass is 31.2. The number of amides is 1. The van der Waals surface area contributed by atoms with E-state index in [2.05, 4.69) is 5.32 Å². The van der Waals surface area contributed by atoms with Gasteiger partial charge in [-0.15, -0.1) is 0 Å². The molecule has 1 amide bonds. The molecule has 116 valence electrons. The zero-order valence-corrected chi connectivity index (χ0v) is 13.7. The van der Waals surface area contributed by atoms with Crippen molar-refractivity contribution in [2.45, 2.75) is 6.42 Å². The van der Waals surface area contributed by atoms with Crippen molar-refractivity contribution >= 4 is 19.0 Å². The van der Waals surface area contributed by atoms with Gasteiger partial charge < -0.3 is 9.84 Å². The van der Waals surface area contributed by atoms with Crippen LogP contribution in [0.1, 0.15) is 15.9 Å². The van der Waals surface area contributed by atoms with Crippen LogP contribution in [0.25, 0.3) is 0 Å². The van der Waals surface area contributed by atoms with Crippen LogP contribution >= 0.6 is 7.37 Å². The fraction of sp³-hybridized carbons (Fsp3) is 0.235. The highest BCUT2D eigenvalue weighted by molar-refractivity contribution is 7.57. The number of para-hydroxylation sites is 1. The zero-order valence-electron chi connectivity index (χ0n) is 12.8. The SMILES string of the molecule is CP(C)(=O)OCCc1ccccc1NC(=O)c1ccccc1.